The Balaban J connectivity index is 2.18. The van der Waals surface area contributed by atoms with E-state index < -0.39 is 16.0 Å². The van der Waals surface area contributed by atoms with Crippen molar-refractivity contribution in [1.29, 1.82) is 0 Å². The zero-order chi connectivity index (χ0) is 17.8. The number of nitrogens with one attached hydrogen (secondary N) is 2. The van der Waals surface area contributed by atoms with Crippen molar-refractivity contribution in [1.82, 2.24) is 10.0 Å². The molecule has 0 aromatic heterocycles. The van der Waals surface area contributed by atoms with E-state index in [1.54, 1.807) is 0 Å². The number of carbonyl (C=O) groups excluding carboxylic acids is 1. The predicted octanol–water partition coefficient (Wildman–Crippen LogP) is 1.15. The van der Waals surface area contributed by atoms with Crippen LogP contribution in [0.3, 0.4) is 0 Å². The monoisotopic (exact) mass is 356 g/mol. The van der Waals surface area contributed by atoms with Crippen molar-refractivity contribution in [2.75, 3.05) is 33.9 Å². The second-order valence-electron chi connectivity index (χ2n) is 6.24. The van der Waals surface area contributed by atoms with Crippen LogP contribution in [0.1, 0.15) is 30.1 Å². The molecule has 134 valence electrons. The standard InChI is InChI=1S/C16H24N2O5S/c1-16(6-8-17-9-7-16)11-18-24(20,21)12-4-5-13(15(19)23-3)14(10-12)22-2/h4-5,10,17-18H,6-9,11H2,1-3H3. The number of esters is 1. The van der Waals surface area contributed by atoms with Gasteiger partial charge in [0.2, 0.25) is 10.0 Å². The summed E-state index contributed by atoms with van der Waals surface area (Å²) in [7, 11) is -1.05. The van der Waals surface area contributed by atoms with Crippen LogP contribution in [0.25, 0.3) is 0 Å². The highest BCUT2D eigenvalue weighted by atomic mass is 32.2. The van der Waals surface area contributed by atoms with Gasteiger partial charge in [-0.3, -0.25) is 0 Å². The highest BCUT2D eigenvalue weighted by Crippen LogP contribution is 2.28. The molecule has 8 heteroatoms. The number of benzene rings is 1. The lowest BCUT2D eigenvalue weighted by Crippen LogP contribution is -2.42. The van der Waals surface area contributed by atoms with Crippen LogP contribution >= 0.6 is 0 Å². The van der Waals surface area contributed by atoms with E-state index in [2.05, 4.69) is 21.7 Å². The van der Waals surface area contributed by atoms with E-state index >= 15 is 0 Å². The average molecular weight is 356 g/mol. The van der Waals surface area contributed by atoms with Crippen molar-refractivity contribution in [3.8, 4) is 5.75 Å². The lowest BCUT2D eigenvalue weighted by atomic mass is 9.81. The molecule has 0 radical (unpaired) electrons. The fraction of sp³-hybridized carbons (Fsp3) is 0.562. The second-order valence-corrected chi connectivity index (χ2v) is 8.01. The fourth-order valence-corrected chi connectivity index (χ4v) is 3.89. The molecule has 0 unspecified atom stereocenters. The van der Waals surface area contributed by atoms with Crippen molar-refractivity contribution < 1.29 is 22.7 Å². The van der Waals surface area contributed by atoms with Crippen molar-refractivity contribution in [2.24, 2.45) is 5.41 Å². The second kappa shape index (κ2) is 7.50. The molecule has 0 atom stereocenters. The highest BCUT2D eigenvalue weighted by molar-refractivity contribution is 7.89. The lowest BCUT2D eigenvalue weighted by Gasteiger charge is -2.34. The molecule has 0 aliphatic carbocycles. The van der Waals surface area contributed by atoms with Gasteiger partial charge in [-0.1, -0.05) is 6.92 Å². The summed E-state index contributed by atoms with van der Waals surface area (Å²) in [6, 6.07) is 4.10. The maximum absolute atomic E-state index is 12.5. The molecule has 0 spiro atoms. The maximum atomic E-state index is 12.5. The van der Waals surface area contributed by atoms with Crippen LogP contribution in [-0.4, -0.2) is 48.2 Å². The van der Waals surface area contributed by atoms with Crippen LogP contribution in [0, 0.1) is 5.41 Å². The summed E-state index contributed by atoms with van der Waals surface area (Å²) in [5.74, 6) is -0.413. The first-order valence-electron chi connectivity index (χ1n) is 7.78. The SMILES string of the molecule is COC(=O)c1ccc(S(=O)(=O)NCC2(C)CCNCC2)cc1OC. The van der Waals surface area contributed by atoms with Gasteiger partial charge in [0.25, 0.3) is 0 Å². The molecule has 1 aromatic carbocycles. The van der Waals surface area contributed by atoms with Gasteiger partial charge in [-0.05, 0) is 43.5 Å². The predicted molar refractivity (Wildman–Crippen MR) is 89.7 cm³/mol. The van der Waals surface area contributed by atoms with Gasteiger partial charge in [0.15, 0.2) is 0 Å². The van der Waals surface area contributed by atoms with Gasteiger partial charge in [0, 0.05) is 12.6 Å². The van der Waals surface area contributed by atoms with Crippen molar-refractivity contribution in [3.63, 3.8) is 0 Å². The Hall–Kier alpha value is -1.64. The Morgan fingerprint density at radius 1 is 1.29 bits per heavy atom. The Kier molecular flexibility index (Phi) is 5.84. The molecule has 1 saturated heterocycles. The van der Waals surface area contributed by atoms with E-state index in [0.717, 1.165) is 25.9 Å². The van der Waals surface area contributed by atoms with E-state index in [9.17, 15) is 13.2 Å². The van der Waals surface area contributed by atoms with Crippen LogP contribution < -0.4 is 14.8 Å². The average Bonchev–Trinajstić information content (AvgIpc) is 2.59. The maximum Gasteiger partial charge on any atom is 0.341 e. The number of carbonyl (C=O) groups is 1. The topological polar surface area (TPSA) is 93.7 Å². The van der Waals surface area contributed by atoms with Crippen LogP contribution in [0.2, 0.25) is 0 Å². The quantitative estimate of drug-likeness (QED) is 0.743. The van der Waals surface area contributed by atoms with E-state index in [-0.39, 0.29) is 21.6 Å². The highest BCUT2D eigenvalue weighted by Gasteiger charge is 2.29. The molecule has 7 nitrogen and oxygen atoms in total. The number of methoxy groups -OCH3 is 2. The van der Waals surface area contributed by atoms with Crippen LogP contribution in [0.4, 0.5) is 0 Å². The molecule has 2 rings (SSSR count). The number of rotatable bonds is 6. The van der Waals surface area contributed by atoms with E-state index in [1.807, 2.05) is 0 Å². The number of piperidine rings is 1. The number of sulfonamides is 1. The minimum Gasteiger partial charge on any atom is -0.496 e. The zero-order valence-corrected chi connectivity index (χ0v) is 15.0. The molecule has 1 aliphatic heterocycles. The molecule has 0 amide bonds. The summed E-state index contributed by atoms with van der Waals surface area (Å²) in [6.07, 6.45) is 1.83. The van der Waals surface area contributed by atoms with Gasteiger partial charge >= 0.3 is 5.97 Å². The molecule has 1 fully saturated rings. The first-order valence-corrected chi connectivity index (χ1v) is 9.26. The molecule has 1 aromatic rings. The van der Waals surface area contributed by atoms with E-state index in [4.69, 9.17) is 4.74 Å². The number of hydrogen-bond donors (Lipinski definition) is 2. The van der Waals surface area contributed by atoms with Crippen LogP contribution in [0.15, 0.2) is 23.1 Å². The van der Waals surface area contributed by atoms with E-state index in [0.29, 0.717) is 6.54 Å². The minimum absolute atomic E-state index is 0.0598. The smallest absolute Gasteiger partial charge is 0.341 e. The van der Waals surface area contributed by atoms with Crippen LogP contribution in [0.5, 0.6) is 5.75 Å². The first-order chi connectivity index (χ1) is 11.3. The minimum atomic E-state index is -3.68. The largest absolute Gasteiger partial charge is 0.496 e. The van der Waals surface area contributed by atoms with Crippen molar-refractivity contribution >= 4 is 16.0 Å². The molecule has 0 bridgehead atoms. The van der Waals surface area contributed by atoms with Crippen molar-refractivity contribution in [3.05, 3.63) is 23.8 Å². The summed E-state index contributed by atoms with van der Waals surface area (Å²) >= 11 is 0. The van der Waals surface area contributed by atoms with Crippen LogP contribution in [-0.2, 0) is 14.8 Å². The van der Waals surface area contributed by atoms with Gasteiger partial charge in [0.1, 0.15) is 11.3 Å². The summed E-state index contributed by atoms with van der Waals surface area (Å²) in [5.41, 5.74) is 0.123. The fourth-order valence-electron chi connectivity index (χ4n) is 2.68. The molecule has 24 heavy (non-hydrogen) atoms. The van der Waals surface area contributed by atoms with Gasteiger partial charge in [-0.2, -0.15) is 0 Å². The first kappa shape index (κ1) is 18.7. The normalized spacial score (nSPS) is 17.3. The summed E-state index contributed by atoms with van der Waals surface area (Å²) in [6.45, 7) is 4.23. The van der Waals surface area contributed by atoms with Gasteiger partial charge in [0.05, 0.1) is 19.1 Å². The summed E-state index contributed by atoms with van der Waals surface area (Å²) in [5, 5.41) is 3.27. The molecule has 1 aliphatic rings. The van der Waals surface area contributed by atoms with Gasteiger partial charge in [-0.15, -0.1) is 0 Å². The van der Waals surface area contributed by atoms with Gasteiger partial charge < -0.3 is 14.8 Å². The summed E-state index contributed by atoms with van der Waals surface area (Å²) in [4.78, 5) is 11.7. The zero-order valence-electron chi connectivity index (χ0n) is 14.2. The Labute approximate surface area is 142 Å². The Morgan fingerprint density at radius 2 is 1.96 bits per heavy atom. The van der Waals surface area contributed by atoms with Gasteiger partial charge in [-0.25, -0.2) is 17.9 Å². The molecule has 2 N–H and O–H groups in total. The lowest BCUT2D eigenvalue weighted by molar-refractivity contribution is 0.0597. The Bertz CT molecular complexity index is 696. The third-order valence-electron chi connectivity index (χ3n) is 4.39. The third kappa shape index (κ3) is 4.25. The molecular formula is C16H24N2O5S. The number of hydrogen-bond acceptors (Lipinski definition) is 6. The number of ether oxygens (including phenoxy) is 2. The van der Waals surface area contributed by atoms with Crippen molar-refractivity contribution in [2.45, 2.75) is 24.7 Å². The summed E-state index contributed by atoms with van der Waals surface area (Å²) < 4.78 is 37.5. The molecular weight excluding hydrogens is 332 g/mol. The molecule has 1 heterocycles. The third-order valence-corrected chi connectivity index (χ3v) is 5.79. The molecule has 0 saturated carbocycles. The van der Waals surface area contributed by atoms with E-state index in [1.165, 1.54) is 32.4 Å². The Morgan fingerprint density at radius 3 is 2.54 bits per heavy atom.